The molecular formula is C8H14N2O6. The van der Waals surface area contributed by atoms with Gasteiger partial charge in [0.15, 0.2) is 0 Å². The smallest absolute Gasteiger partial charge is 0.332 e. The molecule has 0 saturated heterocycles. The van der Waals surface area contributed by atoms with E-state index in [1.807, 2.05) is 0 Å². The van der Waals surface area contributed by atoms with Crippen molar-refractivity contribution in [1.29, 1.82) is 0 Å². The molecule has 0 fully saturated rings. The summed E-state index contributed by atoms with van der Waals surface area (Å²) in [4.78, 5) is 31.2. The first-order valence-electron chi connectivity index (χ1n) is 4.51. The Kier molecular flexibility index (Phi) is 6.04. The number of aliphatic carboxylic acids is 3. The predicted octanol–water partition coefficient (Wildman–Crippen LogP) is -1.82. The molecule has 0 aromatic carbocycles. The molecule has 8 heteroatoms. The summed E-state index contributed by atoms with van der Waals surface area (Å²) in [5.74, 6) is -4.01. The minimum Gasteiger partial charge on any atom is -0.480 e. The van der Waals surface area contributed by atoms with Crippen LogP contribution in [0, 0.1) is 0 Å². The molecule has 0 spiro atoms. The van der Waals surface area contributed by atoms with E-state index in [1.54, 1.807) is 0 Å². The Labute approximate surface area is 91.3 Å². The van der Waals surface area contributed by atoms with E-state index in [-0.39, 0.29) is 13.1 Å². The van der Waals surface area contributed by atoms with Gasteiger partial charge in [0.2, 0.25) is 6.04 Å². The summed E-state index contributed by atoms with van der Waals surface area (Å²) in [5, 5.41) is 30.3. The van der Waals surface area contributed by atoms with Crippen molar-refractivity contribution in [3.8, 4) is 0 Å². The van der Waals surface area contributed by atoms with Crippen molar-refractivity contribution < 1.29 is 29.7 Å². The standard InChI is InChI=1S/C8H14N2O6/c1-4(6(11)12)9-2-3-10-5(7(13)14)8(15)16/h4-5,9-10H,2-3H2,1H3,(H,11,12)(H,13,14)(H,15,16). The van der Waals surface area contributed by atoms with Crippen LogP contribution in [0.2, 0.25) is 0 Å². The molecule has 0 saturated carbocycles. The van der Waals surface area contributed by atoms with Gasteiger partial charge in [0.1, 0.15) is 6.04 Å². The van der Waals surface area contributed by atoms with Gasteiger partial charge in [-0.15, -0.1) is 0 Å². The van der Waals surface area contributed by atoms with E-state index >= 15 is 0 Å². The number of rotatable bonds is 8. The first-order valence-corrected chi connectivity index (χ1v) is 4.51. The van der Waals surface area contributed by atoms with Crippen molar-refractivity contribution >= 4 is 17.9 Å². The normalized spacial score (nSPS) is 12.4. The summed E-state index contributed by atoms with van der Waals surface area (Å²) in [6, 6.07) is -2.45. The van der Waals surface area contributed by atoms with Crippen molar-refractivity contribution in [3.05, 3.63) is 0 Å². The molecular weight excluding hydrogens is 220 g/mol. The largest absolute Gasteiger partial charge is 0.480 e. The van der Waals surface area contributed by atoms with Gasteiger partial charge in [-0.25, -0.2) is 9.59 Å². The second-order valence-electron chi connectivity index (χ2n) is 3.08. The fourth-order valence-electron chi connectivity index (χ4n) is 0.873. The summed E-state index contributed by atoms with van der Waals surface area (Å²) >= 11 is 0. The Bertz CT molecular complexity index is 266. The zero-order valence-corrected chi connectivity index (χ0v) is 8.64. The average Bonchev–Trinajstić information content (AvgIpc) is 2.15. The topological polar surface area (TPSA) is 136 Å². The molecule has 0 aromatic rings. The monoisotopic (exact) mass is 234 g/mol. The van der Waals surface area contributed by atoms with Gasteiger partial charge in [-0.05, 0) is 6.92 Å². The van der Waals surface area contributed by atoms with Crippen LogP contribution in [0.3, 0.4) is 0 Å². The molecule has 92 valence electrons. The Morgan fingerprint density at radius 2 is 1.38 bits per heavy atom. The molecule has 0 aromatic heterocycles. The fraction of sp³-hybridized carbons (Fsp3) is 0.625. The van der Waals surface area contributed by atoms with E-state index in [9.17, 15) is 14.4 Å². The highest BCUT2D eigenvalue weighted by Gasteiger charge is 2.24. The number of carbonyl (C=O) groups is 3. The highest BCUT2D eigenvalue weighted by molar-refractivity contribution is 5.97. The zero-order valence-electron chi connectivity index (χ0n) is 8.64. The molecule has 0 heterocycles. The molecule has 0 bridgehead atoms. The molecule has 8 nitrogen and oxygen atoms in total. The first kappa shape index (κ1) is 14.3. The molecule has 0 aliphatic carbocycles. The quantitative estimate of drug-likeness (QED) is 0.244. The average molecular weight is 234 g/mol. The Morgan fingerprint density at radius 1 is 0.938 bits per heavy atom. The van der Waals surface area contributed by atoms with Crippen LogP contribution in [0.4, 0.5) is 0 Å². The van der Waals surface area contributed by atoms with Gasteiger partial charge in [-0.1, -0.05) is 0 Å². The van der Waals surface area contributed by atoms with E-state index in [4.69, 9.17) is 15.3 Å². The highest BCUT2D eigenvalue weighted by Crippen LogP contribution is 1.84. The van der Waals surface area contributed by atoms with Crippen LogP contribution in [0.5, 0.6) is 0 Å². The molecule has 0 aliphatic rings. The number of hydrogen-bond donors (Lipinski definition) is 5. The molecule has 0 amide bonds. The van der Waals surface area contributed by atoms with E-state index in [2.05, 4.69) is 10.6 Å². The van der Waals surface area contributed by atoms with Crippen LogP contribution in [-0.4, -0.2) is 58.4 Å². The summed E-state index contributed by atoms with van der Waals surface area (Å²) in [5.41, 5.74) is 0. The summed E-state index contributed by atoms with van der Waals surface area (Å²) in [6.45, 7) is 1.62. The molecule has 0 radical (unpaired) electrons. The number of hydrogen-bond acceptors (Lipinski definition) is 5. The van der Waals surface area contributed by atoms with E-state index in [0.717, 1.165) is 0 Å². The fourth-order valence-corrected chi connectivity index (χ4v) is 0.873. The molecule has 1 unspecified atom stereocenters. The van der Waals surface area contributed by atoms with Crippen molar-refractivity contribution in [2.45, 2.75) is 19.0 Å². The third kappa shape index (κ3) is 5.27. The van der Waals surface area contributed by atoms with Crippen LogP contribution in [-0.2, 0) is 14.4 Å². The maximum absolute atomic E-state index is 10.4. The lowest BCUT2D eigenvalue weighted by Gasteiger charge is -2.12. The Morgan fingerprint density at radius 3 is 1.75 bits per heavy atom. The van der Waals surface area contributed by atoms with Crippen LogP contribution >= 0.6 is 0 Å². The van der Waals surface area contributed by atoms with Crippen molar-refractivity contribution in [1.82, 2.24) is 10.6 Å². The molecule has 16 heavy (non-hydrogen) atoms. The maximum Gasteiger partial charge on any atom is 0.332 e. The van der Waals surface area contributed by atoms with Gasteiger partial charge in [0, 0.05) is 13.1 Å². The lowest BCUT2D eigenvalue weighted by atomic mass is 10.3. The SMILES string of the molecule is CC(NCCNC(C(=O)O)C(=O)O)C(=O)O. The Hall–Kier alpha value is -1.67. The van der Waals surface area contributed by atoms with Gasteiger partial charge >= 0.3 is 17.9 Å². The van der Waals surface area contributed by atoms with Crippen molar-refractivity contribution in [2.75, 3.05) is 13.1 Å². The molecule has 0 rings (SSSR count). The third-order valence-corrected chi connectivity index (χ3v) is 1.79. The summed E-state index contributed by atoms with van der Waals surface area (Å²) < 4.78 is 0. The van der Waals surface area contributed by atoms with Crippen molar-refractivity contribution in [3.63, 3.8) is 0 Å². The number of nitrogens with one attached hydrogen (secondary N) is 2. The van der Waals surface area contributed by atoms with Crippen molar-refractivity contribution in [2.24, 2.45) is 0 Å². The van der Waals surface area contributed by atoms with Gasteiger partial charge in [-0.2, -0.15) is 0 Å². The first-order chi connectivity index (χ1) is 7.36. The lowest BCUT2D eigenvalue weighted by Crippen LogP contribution is -2.47. The van der Waals surface area contributed by atoms with Crippen LogP contribution in [0.25, 0.3) is 0 Å². The number of carboxylic acid groups (broad SMARTS) is 3. The minimum absolute atomic E-state index is 0.0425. The summed E-state index contributed by atoms with van der Waals surface area (Å²) in [7, 11) is 0. The Balaban J connectivity index is 3.84. The third-order valence-electron chi connectivity index (χ3n) is 1.79. The van der Waals surface area contributed by atoms with Crippen LogP contribution < -0.4 is 10.6 Å². The van der Waals surface area contributed by atoms with Crippen LogP contribution in [0.15, 0.2) is 0 Å². The van der Waals surface area contributed by atoms with E-state index in [1.165, 1.54) is 6.92 Å². The maximum atomic E-state index is 10.4. The van der Waals surface area contributed by atoms with Gasteiger partial charge in [0.05, 0.1) is 0 Å². The molecule has 1 atom stereocenters. The predicted molar refractivity (Wildman–Crippen MR) is 52.2 cm³/mol. The van der Waals surface area contributed by atoms with Crippen LogP contribution in [0.1, 0.15) is 6.92 Å². The van der Waals surface area contributed by atoms with Gasteiger partial charge < -0.3 is 20.6 Å². The highest BCUT2D eigenvalue weighted by atomic mass is 16.4. The zero-order chi connectivity index (χ0) is 12.7. The van der Waals surface area contributed by atoms with Gasteiger partial charge in [-0.3, -0.25) is 10.1 Å². The summed E-state index contributed by atoms with van der Waals surface area (Å²) in [6.07, 6.45) is 0. The number of carboxylic acids is 3. The van der Waals surface area contributed by atoms with E-state index < -0.39 is 30.0 Å². The minimum atomic E-state index is -1.68. The van der Waals surface area contributed by atoms with E-state index in [0.29, 0.717) is 0 Å². The second-order valence-corrected chi connectivity index (χ2v) is 3.08. The lowest BCUT2D eigenvalue weighted by molar-refractivity contribution is -0.151. The second kappa shape index (κ2) is 6.75. The molecule has 0 aliphatic heterocycles. The van der Waals surface area contributed by atoms with Gasteiger partial charge in [0.25, 0.3) is 0 Å². The molecule has 5 N–H and O–H groups in total.